The fourth-order valence-corrected chi connectivity index (χ4v) is 0.659. The summed E-state index contributed by atoms with van der Waals surface area (Å²) in [6, 6.07) is 1.93. The van der Waals surface area contributed by atoms with Gasteiger partial charge in [0.25, 0.3) is 0 Å². The first-order valence-corrected chi connectivity index (χ1v) is 4.22. The molecular formula is C8H15N3O2. The van der Waals surface area contributed by atoms with Crippen LogP contribution in [0.5, 0.6) is 0 Å². The Morgan fingerprint density at radius 3 is 3.00 bits per heavy atom. The van der Waals surface area contributed by atoms with Gasteiger partial charge in [-0.25, -0.2) is 0 Å². The maximum Gasteiger partial charge on any atom is 0.246 e. The van der Waals surface area contributed by atoms with E-state index in [9.17, 15) is 4.79 Å². The molecule has 0 saturated heterocycles. The first-order chi connectivity index (χ1) is 6.31. The highest BCUT2D eigenvalue weighted by molar-refractivity contribution is 5.77. The zero-order valence-electron chi connectivity index (χ0n) is 7.58. The molecule has 0 saturated carbocycles. The predicted molar refractivity (Wildman–Crippen MR) is 47.7 cm³/mol. The molecule has 5 nitrogen and oxygen atoms in total. The molecule has 0 atom stereocenters. The van der Waals surface area contributed by atoms with Crippen molar-refractivity contribution in [2.75, 3.05) is 26.3 Å². The van der Waals surface area contributed by atoms with Crippen LogP contribution in [0, 0.1) is 11.3 Å². The van der Waals surface area contributed by atoms with E-state index < -0.39 is 0 Å². The smallest absolute Gasteiger partial charge is 0.246 e. The summed E-state index contributed by atoms with van der Waals surface area (Å²) in [5, 5.41) is 10.7. The predicted octanol–water partition coefficient (Wildman–Crippen LogP) is -0.618. The number of nitrogens with one attached hydrogen (secondary N) is 1. The van der Waals surface area contributed by atoms with Crippen molar-refractivity contribution in [3.05, 3.63) is 0 Å². The van der Waals surface area contributed by atoms with Crippen molar-refractivity contribution in [1.29, 1.82) is 5.26 Å². The van der Waals surface area contributed by atoms with Gasteiger partial charge in [0.15, 0.2) is 0 Å². The quantitative estimate of drug-likeness (QED) is 0.517. The molecule has 0 aromatic heterocycles. The van der Waals surface area contributed by atoms with Gasteiger partial charge in [-0.3, -0.25) is 4.79 Å². The third-order valence-corrected chi connectivity index (χ3v) is 1.28. The Balaban J connectivity index is 3.16. The summed E-state index contributed by atoms with van der Waals surface area (Å²) in [4.78, 5) is 10.9. The summed E-state index contributed by atoms with van der Waals surface area (Å²) < 4.78 is 4.99. The van der Waals surface area contributed by atoms with E-state index in [-0.39, 0.29) is 12.5 Å². The van der Waals surface area contributed by atoms with Gasteiger partial charge in [-0.15, -0.1) is 0 Å². The molecule has 13 heavy (non-hydrogen) atoms. The maximum atomic E-state index is 10.9. The number of rotatable bonds is 7. The average Bonchev–Trinajstić information content (AvgIpc) is 2.13. The van der Waals surface area contributed by atoms with Crippen LogP contribution in [-0.4, -0.2) is 32.2 Å². The topological polar surface area (TPSA) is 88.1 Å². The molecule has 0 heterocycles. The van der Waals surface area contributed by atoms with Crippen LogP contribution in [-0.2, 0) is 9.53 Å². The van der Waals surface area contributed by atoms with Crippen molar-refractivity contribution >= 4 is 5.91 Å². The lowest BCUT2D eigenvalue weighted by molar-refractivity contribution is -0.125. The second-order valence-corrected chi connectivity index (χ2v) is 2.45. The standard InChI is InChI=1S/C8H15N3O2/c9-3-1-5-11-8(12)7-13-6-2-4-10/h1-2,4-7,10H2,(H,11,12). The van der Waals surface area contributed by atoms with Crippen LogP contribution in [0.4, 0.5) is 0 Å². The molecule has 3 N–H and O–H groups in total. The van der Waals surface area contributed by atoms with Gasteiger partial charge >= 0.3 is 0 Å². The SMILES string of the molecule is N#CCCNC(=O)COCCCN. The van der Waals surface area contributed by atoms with E-state index in [0.29, 0.717) is 26.1 Å². The second-order valence-electron chi connectivity index (χ2n) is 2.45. The molecule has 0 unspecified atom stereocenters. The minimum atomic E-state index is -0.188. The van der Waals surface area contributed by atoms with E-state index in [4.69, 9.17) is 15.7 Å². The largest absolute Gasteiger partial charge is 0.372 e. The average molecular weight is 185 g/mol. The molecule has 0 spiro atoms. The Kier molecular flexibility index (Phi) is 8.20. The van der Waals surface area contributed by atoms with Crippen molar-refractivity contribution in [2.45, 2.75) is 12.8 Å². The monoisotopic (exact) mass is 185 g/mol. The van der Waals surface area contributed by atoms with Gasteiger partial charge in [-0.05, 0) is 13.0 Å². The number of nitrogens with two attached hydrogens (primary N) is 1. The zero-order chi connectivity index (χ0) is 9.94. The number of carbonyl (C=O) groups is 1. The van der Waals surface area contributed by atoms with Crippen molar-refractivity contribution in [1.82, 2.24) is 5.32 Å². The minimum Gasteiger partial charge on any atom is -0.372 e. The Morgan fingerprint density at radius 2 is 2.38 bits per heavy atom. The summed E-state index contributed by atoms with van der Waals surface area (Å²) in [5.74, 6) is -0.188. The molecule has 5 heteroatoms. The van der Waals surface area contributed by atoms with Gasteiger partial charge in [-0.1, -0.05) is 0 Å². The fraction of sp³-hybridized carbons (Fsp3) is 0.750. The Bertz CT molecular complexity index is 177. The number of amides is 1. The van der Waals surface area contributed by atoms with Crippen molar-refractivity contribution < 1.29 is 9.53 Å². The Labute approximate surface area is 77.9 Å². The summed E-state index contributed by atoms with van der Waals surface area (Å²) in [5.41, 5.74) is 5.23. The van der Waals surface area contributed by atoms with Gasteiger partial charge in [0.05, 0.1) is 12.5 Å². The summed E-state index contributed by atoms with van der Waals surface area (Å²) in [6.45, 7) is 1.50. The number of carbonyl (C=O) groups excluding carboxylic acids is 1. The molecule has 1 amide bonds. The van der Waals surface area contributed by atoms with Crippen LogP contribution in [0.1, 0.15) is 12.8 Å². The molecule has 0 rings (SSSR count). The highest BCUT2D eigenvalue weighted by Crippen LogP contribution is 1.80. The van der Waals surface area contributed by atoms with Gasteiger partial charge in [0.2, 0.25) is 5.91 Å². The summed E-state index contributed by atoms with van der Waals surface area (Å²) in [7, 11) is 0. The van der Waals surface area contributed by atoms with Crippen LogP contribution < -0.4 is 11.1 Å². The van der Waals surface area contributed by atoms with E-state index in [1.165, 1.54) is 0 Å². The third kappa shape index (κ3) is 8.79. The molecule has 0 aromatic rings. The van der Waals surface area contributed by atoms with E-state index in [0.717, 1.165) is 6.42 Å². The summed E-state index contributed by atoms with van der Waals surface area (Å²) in [6.07, 6.45) is 1.08. The molecule has 0 aliphatic carbocycles. The van der Waals surface area contributed by atoms with Crippen LogP contribution in [0.15, 0.2) is 0 Å². The minimum absolute atomic E-state index is 0.0471. The Morgan fingerprint density at radius 1 is 1.62 bits per heavy atom. The first kappa shape index (κ1) is 11.9. The van der Waals surface area contributed by atoms with Crippen molar-refractivity contribution in [3.8, 4) is 6.07 Å². The van der Waals surface area contributed by atoms with Crippen LogP contribution in [0.2, 0.25) is 0 Å². The molecule has 0 aromatic carbocycles. The Hall–Kier alpha value is -1.12. The van der Waals surface area contributed by atoms with E-state index in [1.807, 2.05) is 6.07 Å². The number of hydrogen-bond donors (Lipinski definition) is 2. The second kappa shape index (κ2) is 8.97. The molecule has 0 radical (unpaired) electrons. The van der Waals surface area contributed by atoms with E-state index >= 15 is 0 Å². The first-order valence-electron chi connectivity index (χ1n) is 4.22. The molecule has 0 fully saturated rings. The molecule has 0 bridgehead atoms. The highest BCUT2D eigenvalue weighted by atomic mass is 16.5. The lowest BCUT2D eigenvalue weighted by Gasteiger charge is -2.03. The van der Waals surface area contributed by atoms with Gasteiger partial charge in [0.1, 0.15) is 6.61 Å². The number of nitriles is 1. The fourth-order valence-electron chi connectivity index (χ4n) is 0.659. The van der Waals surface area contributed by atoms with Gasteiger partial charge < -0.3 is 15.8 Å². The van der Waals surface area contributed by atoms with Gasteiger partial charge in [0, 0.05) is 13.2 Å². The van der Waals surface area contributed by atoms with Gasteiger partial charge in [-0.2, -0.15) is 5.26 Å². The van der Waals surface area contributed by atoms with Crippen molar-refractivity contribution in [3.63, 3.8) is 0 Å². The molecule has 0 aliphatic rings. The number of ether oxygens (including phenoxy) is 1. The lowest BCUT2D eigenvalue weighted by atomic mass is 10.4. The zero-order valence-corrected chi connectivity index (χ0v) is 7.58. The third-order valence-electron chi connectivity index (χ3n) is 1.28. The number of hydrogen-bond acceptors (Lipinski definition) is 4. The van der Waals surface area contributed by atoms with Crippen molar-refractivity contribution in [2.24, 2.45) is 5.73 Å². The van der Waals surface area contributed by atoms with E-state index in [1.54, 1.807) is 0 Å². The highest BCUT2D eigenvalue weighted by Gasteiger charge is 1.98. The lowest BCUT2D eigenvalue weighted by Crippen LogP contribution is -2.28. The van der Waals surface area contributed by atoms with Crippen LogP contribution >= 0.6 is 0 Å². The van der Waals surface area contributed by atoms with Crippen LogP contribution in [0.25, 0.3) is 0 Å². The summed E-state index contributed by atoms with van der Waals surface area (Å²) >= 11 is 0. The number of nitrogens with zero attached hydrogens (tertiary/aromatic N) is 1. The van der Waals surface area contributed by atoms with E-state index in [2.05, 4.69) is 5.32 Å². The van der Waals surface area contributed by atoms with Crippen LogP contribution in [0.3, 0.4) is 0 Å². The normalized spacial score (nSPS) is 9.23. The molecule has 0 aliphatic heterocycles. The molecule has 74 valence electrons. The molecular weight excluding hydrogens is 170 g/mol. The maximum absolute atomic E-state index is 10.9.